The van der Waals surface area contributed by atoms with Gasteiger partial charge in [-0.3, -0.25) is 4.79 Å². The Hall–Kier alpha value is -1.06. The standard InChI is InChI=1S/C16H24N2O.ClH/c1-16(2,14-6-4-3-5-7-14)12-18-15(19)11-17-10-13-8-9-13;/h3-7,13,17H,8-12H2,1-2H3,(H,18,19);1H. The molecule has 1 saturated carbocycles. The molecule has 4 heteroatoms. The van der Waals surface area contributed by atoms with Crippen molar-refractivity contribution in [2.75, 3.05) is 19.6 Å². The van der Waals surface area contributed by atoms with Crippen LogP contribution in [-0.2, 0) is 10.2 Å². The van der Waals surface area contributed by atoms with Crippen molar-refractivity contribution in [3.63, 3.8) is 0 Å². The summed E-state index contributed by atoms with van der Waals surface area (Å²) in [4.78, 5) is 11.7. The molecule has 0 saturated heterocycles. The monoisotopic (exact) mass is 296 g/mol. The molecule has 0 aromatic heterocycles. The van der Waals surface area contributed by atoms with E-state index in [1.165, 1.54) is 18.4 Å². The van der Waals surface area contributed by atoms with Crippen LogP contribution >= 0.6 is 12.4 Å². The molecule has 1 amide bonds. The Morgan fingerprint density at radius 1 is 1.25 bits per heavy atom. The maximum Gasteiger partial charge on any atom is 0.233 e. The van der Waals surface area contributed by atoms with Crippen LogP contribution in [-0.4, -0.2) is 25.5 Å². The summed E-state index contributed by atoms with van der Waals surface area (Å²) in [7, 11) is 0. The molecule has 2 N–H and O–H groups in total. The molecule has 0 bridgehead atoms. The molecular weight excluding hydrogens is 272 g/mol. The number of halogens is 1. The first kappa shape index (κ1) is 17.0. The van der Waals surface area contributed by atoms with Gasteiger partial charge in [-0.2, -0.15) is 0 Å². The second kappa shape index (κ2) is 7.65. The third kappa shape index (κ3) is 5.51. The Labute approximate surface area is 127 Å². The summed E-state index contributed by atoms with van der Waals surface area (Å²) < 4.78 is 0. The quantitative estimate of drug-likeness (QED) is 0.812. The van der Waals surface area contributed by atoms with Crippen LogP contribution in [0.5, 0.6) is 0 Å². The number of benzene rings is 1. The minimum atomic E-state index is -0.0343. The lowest BCUT2D eigenvalue weighted by atomic mass is 9.84. The van der Waals surface area contributed by atoms with Gasteiger partial charge in [-0.25, -0.2) is 0 Å². The van der Waals surface area contributed by atoms with Crippen molar-refractivity contribution in [1.29, 1.82) is 0 Å². The van der Waals surface area contributed by atoms with Crippen molar-refractivity contribution in [2.45, 2.75) is 32.1 Å². The van der Waals surface area contributed by atoms with Crippen LogP contribution in [0.3, 0.4) is 0 Å². The molecule has 0 radical (unpaired) electrons. The van der Waals surface area contributed by atoms with E-state index in [0.29, 0.717) is 13.1 Å². The van der Waals surface area contributed by atoms with Crippen molar-refractivity contribution in [1.82, 2.24) is 10.6 Å². The molecule has 20 heavy (non-hydrogen) atoms. The van der Waals surface area contributed by atoms with Crippen LogP contribution in [0, 0.1) is 5.92 Å². The number of hydrogen-bond acceptors (Lipinski definition) is 2. The van der Waals surface area contributed by atoms with Gasteiger partial charge in [0.15, 0.2) is 0 Å². The first-order chi connectivity index (χ1) is 9.08. The molecule has 1 aliphatic carbocycles. The van der Waals surface area contributed by atoms with Crippen LogP contribution in [0.1, 0.15) is 32.3 Å². The summed E-state index contributed by atoms with van der Waals surface area (Å²) >= 11 is 0. The fourth-order valence-electron chi connectivity index (χ4n) is 2.09. The number of amides is 1. The average Bonchev–Trinajstić information content (AvgIpc) is 3.22. The van der Waals surface area contributed by atoms with Gasteiger partial charge in [0.1, 0.15) is 0 Å². The molecule has 1 aromatic rings. The molecule has 1 aromatic carbocycles. The van der Waals surface area contributed by atoms with Gasteiger partial charge >= 0.3 is 0 Å². The molecule has 0 heterocycles. The highest BCUT2D eigenvalue weighted by molar-refractivity contribution is 5.85. The summed E-state index contributed by atoms with van der Waals surface area (Å²) in [6, 6.07) is 10.3. The maximum atomic E-state index is 11.7. The van der Waals surface area contributed by atoms with Gasteiger partial charge in [-0.15, -0.1) is 12.4 Å². The van der Waals surface area contributed by atoms with E-state index in [2.05, 4.69) is 36.6 Å². The third-order valence-corrected chi connectivity index (χ3v) is 3.70. The first-order valence-electron chi connectivity index (χ1n) is 7.11. The van der Waals surface area contributed by atoms with E-state index in [1.54, 1.807) is 0 Å². The van der Waals surface area contributed by atoms with Crippen LogP contribution in [0.4, 0.5) is 0 Å². The normalized spacial score (nSPS) is 14.5. The second-order valence-electron chi connectivity index (χ2n) is 6.10. The minimum Gasteiger partial charge on any atom is -0.354 e. The summed E-state index contributed by atoms with van der Waals surface area (Å²) in [6.45, 7) is 6.39. The zero-order valence-corrected chi connectivity index (χ0v) is 13.1. The van der Waals surface area contributed by atoms with Crippen molar-refractivity contribution < 1.29 is 4.79 Å². The molecule has 3 nitrogen and oxygen atoms in total. The molecule has 1 fully saturated rings. The fraction of sp³-hybridized carbons (Fsp3) is 0.562. The molecule has 1 aliphatic rings. The van der Waals surface area contributed by atoms with E-state index in [9.17, 15) is 4.79 Å². The van der Waals surface area contributed by atoms with Crippen molar-refractivity contribution in [2.24, 2.45) is 5.92 Å². The Morgan fingerprint density at radius 3 is 2.50 bits per heavy atom. The number of rotatable bonds is 7. The lowest BCUT2D eigenvalue weighted by Gasteiger charge is -2.25. The molecule has 0 aliphatic heterocycles. The van der Waals surface area contributed by atoms with E-state index in [4.69, 9.17) is 0 Å². The number of carbonyl (C=O) groups is 1. The molecule has 0 atom stereocenters. The zero-order valence-electron chi connectivity index (χ0n) is 12.3. The smallest absolute Gasteiger partial charge is 0.233 e. The fourth-order valence-corrected chi connectivity index (χ4v) is 2.09. The highest BCUT2D eigenvalue weighted by atomic mass is 35.5. The Morgan fingerprint density at radius 2 is 1.90 bits per heavy atom. The topological polar surface area (TPSA) is 41.1 Å². The molecule has 112 valence electrons. The van der Waals surface area contributed by atoms with Gasteiger partial charge in [-0.05, 0) is 30.9 Å². The van der Waals surface area contributed by atoms with Gasteiger partial charge < -0.3 is 10.6 Å². The number of carbonyl (C=O) groups excluding carboxylic acids is 1. The summed E-state index contributed by atoms with van der Waals surface area (Å²) in [5, 5.41) is 6.23. The predicted molar refractivity (Wildman–Crippen MR) is 85.3 cm³/mol. The highest BCUT2D eigenvalue weighted by Gasteiger charge is 2.22. The Balaban J connectivity index is 0.00000200. The highest BCUT2D eigenvalue weighted by Crippen LogP contribution is 2.27. The summed E-state index contributed by atoms with van der Waals surface area (Å²) in [5.74, 6) is 0.901. The van der Waals surface area contributed by atoms with E-state index in [-0.39, 0.29) is 23.7 Å². The predicted octanol–water partition coefficient (Wildman–Crippen LogP) is 2.50. The first-order valence-corrected chi connectivity index (χ1v) is 7.11. The molecule has 0 spiro atoms. The van der Waals surface area contributed by atoms with Crippen molar-refractivity contribution in [3.05, 3.63) is 35.9 Å². The zero-order chi connectivity index (χ0) is 13.7. The third-order valence-electron chi connectivity index (χ3n) is 3.70. The molecular formula is C16H25ClN2O. The van der Waals surface area contributed by atoms with Gasteiger partial charge in [0.25, 0.3) is 0 Å². The molecule has 0 unspecified atom stereocenters. The second-order valence-corrected chi connectivity index (χ2v) is 6.10. The van der Waals surface area contributed by atoms with Crippen molar-refractivity contribution >= 4 is 18.3 Å². The summed E-state index contributed by atoms with van der Waals surface area (Å²) in [5.41, 5.74) is 1.22. The molecule has 2 rings (SSSR count). The van der Waals surface area contributed by atoms with Crippen LogP contribution < -0.4 is 10.6 Å². The number of hydrogen-bond donors (Lipinski definition) is 2. The van der Waals surface area contributed by atoms with E-state index >= 15 is 0 Å². The average molecular weight is 297 g/mol. The SMILES string of the molecule is CC(C)(CNC(=O)CNCC1CC1)c1ccccc1.Cl. The van der Waals surface area contributed by atoms with E-state index < -0.39 is 0 Å². The minimum absolute atomic E-state index is 0. The van der Waals surface area contributed by atoms with Crippen LogP contribution in [0.2, 0.25) is 0 Å². The Bertz CT molecular complexity index is 416. The van der Waals surface area contributed by atoms with Gasteiger partial charge in [0, 0.05) is 12.0 Å². The van der Waals surface area contributed by atoms with Gasteiger partial charge in [0.05, 0.1) is 6.54 Å². The van der Waals surface area contributed by atoms with Gasteiger partial charge in [-0.1, -0.05) is 44.2 Å². The lowest BCUT2D eigenvalue weighted by molar-refractivity contribution is -0.120. The maximum absolute atomic E-state index is 11.7. The Kier molecular flexibility index (Phi) is 6.50. The van der Waals surface area contributed by atoms with Crippen LogP contribution in [0.25, 0.3) is 0 Å². The number of nitrogens with one attached hydrogen (secondary N) is 2. The van der Waals surface area contributed by atoms with Gasteiger partial charge in [0.2, 0.25) is 5.91 Å². The summed E-state index contributed by atoms with van der Waals surface area (Å²) in [6.07, 6.45) is 2.63. The largest absolute Gasteiger partial charge is 0.354 e. The van der Waals surface area contributed by atoms with Crippen molar-refractivity contribution in [3.8, 4) is 0 Å². The van der Waals surface area contributed by atoms with Crippen LogP contribution in [0.15, 0.2) is 30.3 Å². The van der Waals surface area contributed by atoms with E-state index in [1.807, 2.05) is 18.2 Å². The van der Waals surface area contributed by atoms with E-state index in [0.717, 1.165) is 12.5 Å². The lowest BCUT2D eigenvalue weighted by Crippen LogP contribution is -2.41.